The third-order valence-corrected chi connectivity index (χ3v) is 5.74. The van der Waals surface area contributed by atoms with Gasteiger partial charge in [-0.1, -0.05) is 30.3 Å². The fourth-order valence-electron chi connectivity index (χ4n) is 2.53. The van der Waals surface area contributed by atoms with E-state index in [1.807, 2.05) is 12.1 Å². The average Bonchev–Trinajstić information content (AvgIpc) is 2.75. The van der Waals surface area contributed by atoms with Gasteiger partial charge in [-0.2, -0.15) is 0 Å². The third-order valence-electron chi connectivity index (χ3n) is 4.00. The molecule has 3 aromatic rings. The van der Waals surface area contributed by atoms with Crippen molar-refractivity contribution in [1.82, 2.24) is 4.98 Å². The Hall–Kier alpha value is -3.39. The van der Waals surface area contributed by atoms with Crippen molar-refractivity contribution >= 4 is 21.4 Å². The first-order valence-electron chi connectivity index (χ1n) is 8.82. The van der Waals surface area contributed by atoms with Gasteiger partial charge in [0.25, 0.3) is 0 Å². The maximum atomic E-state index is 12.2. The first-order valence-corrected chi connectivity index (χ1v) is 10.5. The van der Waals surface area contributed by atoms with Crippen molar-refractivity contribution in [2.75, 3.05) is 18.2 Å². The fraction of sp³-hybridized carbons (Fsp3) is 0.143. The number of hydrogen-bond donors (Lipinski definition) is 1. The Morgan fingerprint density at radius 3 is 2.31 bits per heavy atom. The van der Waals surface area contributed by atoms with Gasteiger partial charge in [0.1, 0.15) is 0 Å². The monoisotopic (exact) mass is 412 g/mol. The fourth-order valence-corrected chi connectivity index (χ4v) is 3.79. The predicted octanol–water partition coefficient (Wildman–Crippen LogP) is 3.69. The van der Waals surface area contributed by atoms with Crippen LogP contribution in [-0.2, 0) is 14.6 Å². The maximum Gasteiger partial charge on any atom is 0.225 e. The van der Waals surface area contributed by atoms with E-state index in [4.69, 9.17) is 9.47 Å². The minimum atomic E-state index is -3.50. The highest BCUT2D eigenvalue weighted by molar-refractivity contribution is 7.91. The van der Waals surface area contributed by atoms with Gasteiger partial charge in [0.15, 0.2) is 21.3 Å². The number of aromatic nitrogens is 1. The van der Waals surface area contributed by atoms with E-state index >= 15 is 0 Å². The molecule has 0 aliphatic rings. The van der Waals surface area contributed by atoms with Gasteiger partial charge in [-0.15, -0.1) is 0 Å². The SMILES string of the molecule is COc1ccccc1Oc1ccc(NC(=O)CCS(=O)(=O)c2ccccc2)cn1. The van der Waals surface area contributed by atoms with Crippen LogP contribution in [0.2, 0.25) is 0 Å². The number of amides is 1. The number of rotatable bonds is 8. The van der Waals surface area contributed by atoms with Crippen molar-refractivity contribution in [3.63, 3.8) is 0 Å². The van der Waals surface area contributed by atoms with E-state index in [1.165, 1.54) is 18.3 Å². The third kappa shape index (κ3) is 5.55. The second-order valence-corrected chi connectivity index (χ2v) is 8.18. The van der Waals surface area contributed by atoms with Crippen LogP contribution in [0.1, 0.15) is 6.42 Å². The first-order chi connectivity index (χ1) is 14.0. The van der Waals surface area contributed by atoms with Crippen LogP contribution in [0.4, 0.5) is 5.69 Å². The van der Waals surface area contributed by atoms with E-state index in [1.54, 1.807) is 49.6 Å². The van der Waals surface area contributed by atoms with Gasteiger partial charge in [-0.3, -0.25) is 4.79 Å². The number of benzene rings is 2. The Bertz CT molecular complexity index is 1070. The van der Waals surface area contributed by atoms with E-state index in [2.05, 4.69) is 10.3 Å². The molecule has 0 bridgehead atoms. The van der Waals surface area contributed by atoms with Crippen molar-refractivity contribution in [3.05, 3.63) is 72.9 Å². The molecule has 29 heavy (non-hydrogen) atoms. The summed E-state index contributed by atoms with van der Waals surface area (Å²) >= 11 is 0. The highest BCUT2D eigenvalue weighted by Crippen LogP contribution is 2.30. The van der Waals surface area contributed by atoms with Gasteiger partial charge in [0.05, 0.1) is 29.6 Å². The zero-order chi connectivity index (χ0) is 20.7. The number of nitrogens with one attached hydrogen (secondary N) is 1. The van der Waals surface area contributed by atoms with Gasteiger partial charge in [-0.05, 0) is 30.3 Å². The second kappa shape index (κ2) is 9.20. The van der Waals surface area contributed by atoms with Crippen LogP contribution in [0.25, 0.3) is 0 Å². The molecule has 0 aliphatic heterocycles. The molecule has 1 aromatic heterocycles. The predicted molar refractivity (Wildman–Crippen MR) is 109 cm³/mol. The van der Waals surface area contributed by atoms with Gasteiger partial charge >= 0.3 is 0 Å². The zero-order valence-corrected chi connectivity index (χ0v) is 16.6. The lowest BCUT2D eigenvalue weighted by atomic mass is 10.3. The Kier molecular flexibility index (Phi) is 6.46. The lowest BCUT2D eigenvalue weighted by Crippen LogP contribution is -2.17. The Morgan fingerprint density at radius 2 is 1.66 bits per heavy atom. The van der Waals surface area contributed by atoms with Crippen LogP contribution >= 0.6 is 0 Å². The molecule has 1 amide bonds. The summed E-state index contributed by atoms with van der Waals surface area (Å²) in [5.41, 5.74) is 0.444. The topological polar surface area (TPSA) is 94.6 Å². The van der Waals surface area contributed by atoms with Gasteiger partial charge < -0.3 is 14.8 Å². The molecule has 0 radical (unpaired) electrons. The highest BCUT2D eigenvalue weighted by atomic mass is 32.2. The smallest absolute Gasteiger partial charge is 0.225 e. The second-order valence-electron chi connectivity index (χ2n) is 6.07. The van der Waals surface area contributed by atoms with Crippen molar-refractivity contribution in [2.24, 2.45) is 0 Å². The average molecular weight is 412 g/mol. The van der Waals surface area contributed by atoms with Gasteiger partial charge in [-0.25, -0.2) is 13.4 Å². The summed E-state index contributed by atoms with van der Waals surface area (Å²) in [6.07, 6.45) is 1.28. The number of para-hydroxylation sites is 2. The van der Waals surface area contributed by atoms with Crippen LogP contribution in [0, 0.1) is 0 Å². The molecule has 3 rings (SSSR count). The van der Waals surface area contributed by atoms with Crippen molar-refractivity contribution < 1.29 is 22.7 Å². The lowest BCUT2D eigenvalue weighted by molar-refractivity contribution is -0.115. The molecule has 1 heterocycles. The minimum Gasteiger partial charge on any atom is -0.493 e. The molecule has 0 aliphatic carbocycles. The normalized spacial score (nSPS) is 10.9. The molecule has 7 nitrogen and oxygen atoms in total. The molecule has 0 atom stereocenters. The van der Waals surface area contributed by atoms with Crippen LogP contribution in [0.3, 0.4) is 0 Å². The number of ether oxygens (including phenoxy) is 2. The maximum absolute atomic E-state index is 12.2. The molecule has 0 spiro atoms. The van der Waals surface area contributed by atoms with Crippen LogP contribution in [0.15, 0.2) is 77.8 Å². The van der Waals surface area contributed by atoms with Crippen molar-refractivity contribution in [1.29, 1.82) is 0 Å². The Labute approximate surface area is 169 Å². The minimum absolute atomic E-state index is 0.156. The summed E-state index contributed by atoms with van der Waals surface area (Å²) in [7, 11) is -1.96. The largest absolute Gasteiger partial charge is 0.493 e. The van der Waals surface area contributed by atoms with E-state index < -0.39 is 15.7 Å². The molecule has 2 aromatic carbocycles. The van der Waals surface area contributed by atoms with Crippen molar-refractivity contribution in [3.8, 4) is 17.4 Å². The van der Waals surface area contributed by atoms with Crippen molar-refractivity contribution in [2.45, 2.75) is 11.3 Å². The quantitative estimate of drug-likeness (QED) is 0.606. The number of carbonyl (C=O) groups is 1. The van der Waals surface area contributed by atoms with Gasteiger partial charge in [0.2, 0.25) is 11.8 Å². The van der Waals surface area contributed by atoms with Gasteiger partial charge in [0, 0.05) is 12.5 Å². The molecule has 0 unspecified atom stereocenters. The lowest BCUT2D eigenvalue weighted by Gasteiger charge is -2.10. The Morgan fingerprint density at radius 1 is 0.966 bits per heavy atom. The molecule has 0 saturated heterocycles. The number of nitrogens with zero attached hydrogens (tertiary/aromatic N) is 1. The highest BCUT2D eigenvalue weighted by Gasteiger charge is 2.16. The first kappa shape index (κ1) is 20.3. The van der Waals surface area contributed by atoms with Crippen LogP contribution in [-0.4, -0.2) is 32.2 Å². The molecule has 0 saturated carbocycles. The molecule has 1 N–H and O–H groups in total. The molecule has 8 heteroatoms. The molecular formula is C21H20N2O5S. The summed E-state index contributed by atoms with van der Waals surface area (Å²) in [5, 5.41) is 2.63. The van der Waals surface area contributed by atoms with Crippen LogP contribution in [0.5, 0.6) is 17.4 Å². The summed E-state index contributed by atoms with van der Waals surface area (Å²) < 4.78 is 35.4. The molecular weight excluding hydrogens is 392 g/mol. The number of carbonyl (C=O) groups excluding carboxylic acids is 1. The summed E-state index contributed by atoms with van der Waals surface area (Å²) in [6.45, 7) is 0. The van der Waals surface area contributed by atoms with E-state index in [9.17, 15) is 13.2 Å². The summed E-state index contributed by atoms with van der Waals surface area (Å²) in [6, 6.07) is 18.4. The number of sulfone groups is 1. The van der Waals surface area contributed by atoms with E-state index in [0.717, 1.165) is 0 Å². The molecule has 150 valence electrons. The standard InChI is InChI=1S/C21H20N2O5S/c1-27-18-9-5-6-10-19(18)28-21-12-11-16(15-22-21)23-20(24)13-14-29(25,26)17-7-3-2-4-8-17/h2-12,15H,13-14H2,1H3,(H,23,24). The van der Waals surface area contributed by atoms with E-state index in [-0.39, 0.29) is 17.1 Å². The van der Waals surface area contributed by atoms with E-state index in [0.29, 0.717) is 23.1 Å². The number of pyridine rings is 1. The number of anilines is 1. The number of methoxy groups -OCH3 is 1. The number of hydrogen-bond acceptors (Lipinski definition) is 6. The Balaban J connectivity index is 1.56. The zero-order valence-electron chi connectivity index (χ0n) is 15.7. The summed E-state index contributed by atoms with van der Waals surface area (Å²) in [4.78, 5) is 16.4. The van der Waals surface area contributed by atoms with Crippen LogP contribution < -0.4 is 14.8 Å². The summed E-state index contributed by atoms with van der Waals surface area (Å²) in [5.74, 6) is 0.742. The molecule has 0 fully saturated rings.